The lowest BCUT2D eigenvalue weighted by Crippen LogP contribution is -2.20. The number of aryl methyl sites for hydroxylation is 1. The van der Waals surface area contributed by atoms with Gasteiger partial charge in [0.05, 0.1) is 4.92 Å². The quantitative estimate of drug-likeness (QED) is 0.419. The molecule has 0 aliphatic rings. The molecule has 0 unspecified atom stereocenters. The van der Waals surface area contributed by atoms with E-state index >= 15 is 0 Å². The molecular formula is C8H14N4O3. The van der Waals surface area contributed by atoms with Gasteiger partial charge in [0, 0.05) is 13.6 Å². The summed E-state index contributed by atoms with van der Waals surface area (Å²) in [6.07, 6.45) is 1.32. The van der Waals surface area contributed by atoms with Crippen molar-refractivity contribution in [1.82, 2.24) is 15.1 Å². The van der Waals surface area contributed by atoms with Gasteiger partial charge in [-0.25, -0.2) is 0 Å². The monoisotopic (exact) mass is 214 g/mol. The first-order chi connectivity index (χ1) is 7.15. The van der Waals surface area contributed by atoms with E-state index in [9.17, 15) is 10.1 Å². The third-order valence-corrected chi connectivity index (χ3v) is 1.74. The first kappa shape index (κ1) is 11.4. The maximum Gasteiger partial charge on any atom is 0.350 e. The second kappa shape index (κ2) is 5.30. The average Bonchev–Trinajstić information content (AvgIpc) is 2.55. The van der Waals surface area contributed by atoms with Gasteiger partial charge in [-0.05, 0) is 6.54 Å². The predicted octanol–water partition coefficient (Wildman–Crippen LogP) is 0.317. The summed E-state index contributed by atoms with van der Waals surface area (Å²) in [5.74, 6) is 0.0698. The molecule has 0 saturated carbocycles. The number of rotatable bonds is 6. The summed E-state index contributed by atoms with van der Waals surface area (Å²) in [4.78, 5) is 10.1. The van der Waals surface area contributed by atoms with Crippen LogP contribution in [0.2, 0.25) is 0 Å². The molecule has 1 rings (SSSR count). The zero-order chi connectivity index (χ0) is 11.3. The van der Waals surface area contributed by atoms with Crippen LogP contribution in [0.25, 0.3) is 0 Å². The van der Waals surface area contributed by atoms with Crippen molar-refractivity contribution in [1.29, 1.82) is 0 Å². The molecule has 1 aromatic heterocycles. The zero-order valence-corrected chi connectivity index (χ0v) is 8.77. The Morgan fingerprint density at radius 1 is 1.73 bits per heavy atom. The minimum absolute atomic E-state index is 0.0698. The summed E-state index contributed by atoms with van der Waals surface area (Å²) >= 11 is 0. The second-order valence-electron chi connectivity index (χ2n) is 2.95. The van der Waals surface area contributed by atoms with Crippen molar-refractivity contribution in [2.75, 3.05) is 19.7 Å². The van der Waals surface area contributed by atoms with Gasteiger partial charge in [-0.2, -0.15) is 0 Å². The van der Waals surface area contributed by atoms with Gasteiger partial charge >= 0.3 is 11.6 Å². The molecule has 1 heterocycles. The van der Waals surface area contributed by atoms with Crippen LogP contribution in [0.15, 0.2) is 6.20 Å². The lowest BCUT2D eigenvalue weighted by molar-refractivity contribution is -0.385. The number of nitro groups is 1. The molecule has 84 valence electrons. The molecule has 1 N–H and O–H groups in total. The third kappa shape index (κ3) is 3.21. The number of hydrogen-bond donors (Lipinski definition) is 1. The summed E-state index contributed by atoms with van der Waals surface area (Å²) < 4.78 is 6.55. The number of ether oxygens (including phenoxy) is 1. The summed E-state index contributed by atoms with van der Waals surface area (Å²) in [5, 5.41) is 17.5. The Bertz CT molecular complexity index is 337. The van der Waals surface area contributed by atoms with Crippen molar-refractivity contribution in [2.45, 2.75) is 6.92 Å². The van der Waals surface area contributed by atoms with Gasteiger partial charge < -0.3 is 10.1 Å². The molecule has 0 radical (unpaired) electrons. The Morgan fingerprint density at radius 3 is 3.07 bits per heavy atom. The standard InChI is InChI=1S/C8H14N4O3/c1-3-9-4-5-15-8-7(12(13)14)6-11(2)10-8/h6,9H,3-5H2,1-2H3. The number of aromatic nitrogens is 2. The van der Waals surface area contributed by atoms with Crippen LogP contribution in [0.5, 0.6) is 5.88 Å². The molecule has 0 bridgehead atoms. The summed E-state index contributed by atoms with van der Waals surface area (Å²) in [6.45, 7) is 3.83. The van der Waals surface area contributed by atoms with Gasteiger partial charge in [-0.3, -0.25) is 14.8 Å². The highest BCUT2D eigenvalue weighted by molar-refractivity contribution is 5.38. The molecule has 0 fully saturated rings. The van der Waals surface area contributed by atoms with E-state index < -0.39 is 4.92 Å². The van der Waals surface area contributed by atoms with Crippen molar-refractivity contribution < 1.29 is 9.66 Å². The van der Waals surface area contributed by atoms with E-state index in [0.717, 1.165) is 6.54 Å². The highest BCUT2D eigenvalue weighted by atomic mass is 16.6. The Labute approximate surface area is 87.2 Å². The van der Waals surface area contributed by atoms with Crippen LogP contribution in [0.4, 0.5) is 5.69 Å². The summed E-state index contributed by atoms with van der Waals surface area (Å²) in [6, 6.07) is 0. The average molecular weight is 214 g/mol. The fraction of sp³-hybridized carbons (Fsp3) is 0.625. The first-order valence-corrected chi connectivity index (χ1v) is 4.66. The van der Waals surface area contributed by atoms with Gasteiger partial charge in [-0.1, -0.05) is 6.92 Å². The minimum Gasteiger partial charge on any atom is -0.470 e. The van der Waals surface area contributed by atoms with Crippen LogP contribution in [0.3, 0.4) is 0 Å². The smallest absolute Gasteiger partial charge is 0.350 e. The SMILES string of the molecule is CCNCCOc1nn(C)cc1[N+](=O)[O-]. The molecule has 0 amide bonds. The summed E-state index contributed by atoms with van der Waals surface area (Å²) in [7, 11) is 1.62. The van der Waals surface area contributed by atoms with Crippen LogP contribution in [-0.4, -0.2) is 34.4 Å². The maximum absolute atomic E-state index is 10.6. The molecule has 7 nitrogen and oxygen atoms in total. The van der Waals surface area contributed by atoms with E-state index in [2.05, 4.69) is 10.4 Å². The van der Waals surface area contributed by atoms with Crippen LogP contribution < -0.4 is 10.1 Å². The highest BCUT2D eigenvalue weighted by Gasteiger charge is 2.19. The molecule has 0 atom stereocenters. The maximum atomic E-state index is 10.6. The van der Waals surface area contributed by atoms with Crippen LogP contribution >= 0.6 is 0 Å². The van der Waals surface area contributed by atoms with Gasteiger partial charge in [0.2, 0.25) is 0 Å². The predicted molar refractivity (Wildman–Crippen MR) is 53.9 cm³/mol. The van der Waals surface area contributed by atoms with Crippen molar-refractivity contribution in [3.8, 4) is 5.88 Å². The summed E-state index contributed by atoms with van der Waals surface area (Å²) in [5.41, 5.74) is -0.103. The number of likely N-dealkylation sites (N-methyl/N-ethyl adjacent to an activating group) is 1. The topological polar surface area (TPSA) is 82.2 Å². The van der Waals surface area contributed by atoms with Crippen molar-refractivity contribution in [2.24, 2.45) is 7.05 Å². The van der Waals surface area contributed by atoms with Crippen LogP contribution in [0, 0.1) is 10.1 Å². The Kier molecular flexibility index (Phi) is 4.04. The number of hydrogen-bond acceptors (Lipinski definition) is 5. The highest BCUT2D eigenvalue weighted by Crippen LogP contribution is 2.23. The van der Waals surface area contributed by atoms with Gasteiger partial charge in [-0.15, -0.1) is 5.10 Å². The van der Waals surface area contributed by atoms with Gasteiger partial charge in [0.1, 0.15) is 12.8 Å². The van der Waals surface area contributed by atoms with E-state index in [1.54, 1.807) is 7.05 Å². The number of nitrogens with zero attached hydrogens (tertiary/aromatic N) is 3. The van der Waals surface area contributed by atoms with Crippen molar-refractivity contribution in [3.63, 3.8) is 0 Å². The molecule has 0 aliphatic carbocycles. The second-order valence-corrected chi connectivity index (χ2v) is 2.95. The molecule has 1 aromatic rings. The molecule has 0 aliphatic heterocycles. The van der Waals surface area contributed by atoms with Crippen molar-refractivity contribution in [3.05, 3.63) is 16.3 Å². The lowest BCUT2D eigenvalue weighted by Gasteiger charge is -2.02. The van der Waals surface area contributed by atoms with E-state index in [1.165, 1.54) is 10.9 Å². The molecule has 7 heteroatoms. The first-order valence-electron chi connectivity index (χ1n) is 4.66. The Balaban J connectivity index is 2.55. The van der Waals surface area contributed by atoms with Crippen LogP contribution in [0.1, 0.15) is 6.92 Å². The molecule has 15 heavy (non-hydrogen) atoms. The lowest BCUT2D eigenvalue weighted by atomic mass is 10.5. The fourth-order valence-electron chi connectivity index (χ4n) is 1.08. The van der Waals surface area contributed by atoms with E-state index in [-0.39, 0.29) is 11.6 Å². The molecular weight excluding hydrogens is 200 g/mol. The molecule has 0 aromatic carbocycles. The van der Waals surface area contributed by atoms with Gasteiger partial charge in [0.15, 0.2) is 0 Å². The zero-order valence-electron chi connectivity index (χ0n) is 8.77. The van der Waals surface area contributed by atoms with E-state index in [4.69, 9.17) is 4.74 Å². The molecule has 0 saturated heterocycles. The van der Waals surface area contributed by atoms with Crippen LogP contribution in [-0.2, 0) is 7.05 Å². The molecule has 0 spiro atoms. The largest absolute Gasteiger partial charge is 0.470 e. The Hall–Kier alpha value is -1.63. The fourth-order valence-corrected chi connectivity index (χ4v) is 1.08. The number of nitrogens with one attached hydrogen (secondary N) is 1. The minimum atomic E-state index is -0.504. The normalized spacial score (nSPS) is 10.3. The van der Waals surface area contributed by atoms with E-state index in [1.807, 2.05) is 6.92 Å². The Morgan fingerprint density at radius 2 is 2.47 bits per heavy atom. The van der Waals surface area contributed by atoms with E-state index in [0.29, 0.717) is 13.2 Å². The van der Waals surface area contributed by atoms with Gasteiger partial charge in [0.25, 0.3) is 0 Å². The third-order valence-electron chi connectivity index (χ3n) is 1.74. The van der Waals surface area contributed by atoms with Crippen molar-refractivity contribution >= 4 is 5.69 Å².